The highest BCUT2D eigenvalue weighted by atomic mass is 16.5. The lowest BCUT2D eigenvalue weighted by molar-refractivity contribution is -0.176. The molecule has 0 aliphatic heterocycles. The summed E-state index contributed by atoms with van der Waals surface area (Å²) in [6, 6.07) is 5.02. The number of aliphatic hydroxyl groups is 1. The molecule has 0 unspecified atom stereocenters. The van der Waals surface area contributed by atoms with Gasteiger partial charge >= 0.3 is 11.9 Å². The van der Waals surface area contributed by atoms with Crippen molar-refractivity contribution in [2.24, 2.45) is 11.8 Å². The Morgan fingerprint density at radius 2 is 1.74 bits per heavy atom. The Labute approximate surface area is 159 Å². The van der Waals surface area contributed by atoms with Crippen LogP contribution in [0.25, 0.3) is 0 Å². The molecule has 0 aromatic carbocycles. The molecule has 7 heteroatoms. The summed E-state index contributed by atoms with van der Waals surface area (Å²) in [5.41, 5.74) is -1.30. The summed E-state index contributed by atoms with van der Waals surface area (Å²) < 4.78 is 10.6. The molecule has 0 bridgehead atoms. The van der Waals surface area contributed by atoms with Gasteiger partial charge in [0.15, 0.2) is 5.78 Å². The summed E-state index contributed by atoms with van der Waals surface area (Å²) in [6.07, 6.45) is 0.347. The predicted octanol–water partition coefficient (Wildman–Crippen LogP) is 2.02. The molecule has 4 atom stereocenters. The number of carbonyl (C=O) groups is 3. The molecule has 0 radical (unpaired) electrons. The van der Waals surface area contributed by atoms with E-state index in [9.17, 15) is 19.5 Å². The van der Waals surface area contributed by atoms with Gasteiger partial charge in [-0.1, -0.05) is 6.07 Å². The normalized spacial score (nSPS) is 28.3. The summed E-state index contributed by atoms with van der Waals surface area (Å²) in [4.78, 5) is 42.5. The maximum absolute atomic E-state index is 12.8. The van der Waals surface area contributed by atoms with E-state index in [1.165, 1.54) is 13.1 Å². The van der Waals surface area contributed by atoms with Crippen LogP contribution in [-0.2, 0) is 23.9 Å². The first-order chi connectivity index (χ1) is 12.5. The van der Waals surface area contributed by atoms with Crippen LogP contribution in [0.4, 0.5) is 0 Å². The van der Waals surface area contributed by atoms with Gasteiger partial charge < -0.3 is 14.6 Å². The van der Waals surface area contributed by atoms with E-state index >= 15 is 0 Å². The average molecular weight is 377 g/mol. The van der Waals surface area contributed by atoms with Crippen molar-refractivity contribution < 1.29 is 29.0 Å². The van der Waals surface area contributed by atoms with Gasteiger partial charge in [-0.15, -0.1) is 0 Å². The van der Waals surface area contributed by atoms with Crippen molar-refractivity contribution in [3.8, 4) is 0 Å². The van der Waals surface area contributed by atoms with Crippen LogP contribution >= 0.6 is 0 Å². The minimum atomic E-state index is -1.67. The van der Waals surface area contributed by atoms with E-state index in [4.69, 9.17) is 9.47 Å². The van der Waals surface area contributed by atoms with Gasteiger partial charge in [-0.3, -0.25) is 19.4 Å². The smallest absolute Gasteiger partial charge is 0.317 e. The van der Waals surface area contributed by atoms with Crippen LogP contribution in [0.3, 0.4) is 0 Å². The van der Waals surface area contributed by atoms with Crippen LogP contribution in [0.1, 0.15) is 52.7 Å². The summed E-state index contributed by atoms with van der Waals surface area (Å²) >= 11 is 0. The molecule has 27 heavy (non-hydrogen) atoms. The van der Waals surface area contributed by atoms with E-state index in [0.717, 1.165) is 0 Å². The molecule has 1 aliphatic rings. The van der Waals surface area contributed by atoms with Crippen molar-refractivity contribution in [2.45, 2.75) is 64.8 Å². The molecule has 1 aromatic heterocycles. The number of esters is 2. The van der Waals surface area contributed by atoms with Crippen molar-refractivity contribution >= 4 is 17.7 Å². The molecule has 1 fully saturated rings. The fourth-order valence-electron chi connectivity index (χ4n) is 3.56. The topological polar surface area (TPSA) is 103 Å². The Bertz CT molecular complexity index is 690. The van der Waals surface area contributed by atoms with E-state index in [-0.39, 0.29) is 6.42 Å². The van der Waals surface area contributed by atoms with Gasteiger partial charge in [-0.25, -0.2) is 0 Å². The van der Waals surface area contributed by atoms with Gasteiger partial charge in [0.2, 0.25) is 0 Å². The lowest BCUT2D eigenvalue weighted by Gasteiger charge is -2.43. The first-order valence-electron chi connectivity index (χ1n) is 9.11. The monoisotopic (exact) mass is 377 g/mol. The quantitative estimate of drug-likeness (QED) is 0.618. The van der Waals surface area contributed by atoms with Gasteiger partial charge in [0.05, 0.1) is 23.7 Å². The third-order valence-corrected chi connectivity index (χ3v) is 4.51. The first-order valence-corrected chi connectivity index (χ1v) is 9.11. The van der Waals surface area contributed by atoms with Crippen LogP contribution in [0.2, 0.25) is 0 Å². The SMILES string of the molecule is CC(C)OC(=O)[C@@H]1C(=O)C[C@@](C)(O)[C@H](C(=O)OC(C)C)[C@@H]1c1ccccn1. The Kier molecular flexibility index (Phi) is 6.36. The van der Waals surface area contributed by atoms with Crippen molar-refractivity contribution in [1.82, 2.24) is 4.98 Å². The van der Waals surface area contributed by atoms with Crippen LogP contribution in [0.5, 0.6) is 0 Å². The van der Waals surface area contributed by atoms with Crippen molar-refractivity contribution in [2.75, 3.05) is 0 Å². The maximum atomic E-state index is 12.8. The number of ketones is 1. The Morgan fingerprint density at radius 3 is 2.26 bits per heavy atom. The van der Waals surface area contributed by atoms with E-state index < -0.39 is 53.3 Å². The van der Waals surface area contributed by atoms with Crippen molar-refractivity contribution in [3.63, 3.8) is 0 Å². The third-order valence-electron chi connectivity index (χ3n) is 4.51. The molecule has 0 amide bonds. The second-order valence-corrected chi connectivity index (χ2v) is 7.71. The van der Waals surface area contributed by atoms with Crippen molar-refractivity contribution in [1.29, 1.82) is 0 Å². The molecular formula is C20H27NO6. The van der Waals surface area contributed by atoms with Crippen molar-refractivity contribution in [3.05, 3.63) is 30.1 Å². The number of hydrogen-bond acceptors (Lipinski definition) is 7. The zero-order chi connectivity index (χ0) is 20.4. The number of nitrogens with zero attached hydrogens (tertiary/aromatic N) is 1. The summed E-state index contributed by atoms with van der Waals surface area (Å²) in [5.74, 6) is -5.19. The van der Waals surface area contributed by atoms with Gasteiger partial charge in [-0.2, -0.15) is 0 Å². The van der Waals surface area contributed by atoms with Gasteiger partial charge in [-0.05, 0) is 46.8 Å². The number of carbonyl (C=O) groups excluding carboxylic acids is 3. The van der Waals surface area contributed by atoms with Crippen LogP contribution < -0.4 is 0 Å². The lowest BCUT2D eigenvalue weighted by atomic mass is 9.62. The Hall–Kier alpha value is -2.28. The number of Topliss-reactive ketones (excluding diaryl/α,β-unsaturated/α-hetero) is 1. The standard InChI is InChI=1S/C20H27NO6/c1-11(2)26-18(23)16-14(22)10-20(5,25)17(19(24)27-12(3)4)15(16)13-8-6-7-9-21-13/h6-9,11-12,15-17,25H,10H2,1-5H3/t15-,16-,17+,20-/m1/s1. The molecule has 2 rings (SSSR count). The summed E-state index contributed by atoms with van der Waals surface area (Å²) in [7, 11) is 0. The minimum Gasteiger partial charge on any atom is -0.463 e. The molecule has 1 N–H and O–H groups in total. The Balaban J connectivity index is 2.57. The fraction of sp³-hybridized carbons (Fsp3) is 0.600. The highest BCUT2D eigenvalue weighted by Gasteiger charge is 2.57. The number of ether oxygens (including phenoxy) is 2. The van der Waals surface area contributed by atoms with E-state index in [2.05, 4.69) is 4.98 Å². The van der Waals surface area contributed by atoms with Gasteiger partial charge in [0.25, 0.3) is 0 Å². The summed E-state index contributed by atoms with van der Waals surface area (Å²) in [5, 5.41) is 10.9. The zero-order valence-electron chi connectivity index (χ0n) is 16.3. The minimum absolute atomic E-state index is 0.341. The average Bonchev–Trinajstić information content (AvgIpc) is 2.52. The number of pyridine rings is 1. The molecular weight excluding hydrogens is 350 g/mol. The molecule has 0 saturated heterocycles. The van der Waals surface area contributed by atoms with Gasteiger partial charge in [0.1, 0.15) is 5.92 Å². The maximum Gasteiger partial charge on any atom is 0.317 e. The largest absolute Gasteiger partial charge is 0.463 e. The second-order valence-electron chi connectivity index (χ2n) is 7.71. The van der Waals surface area contributed by atoms with E-state index in [1.807, 2.05) is 0 Å². The molecule has 1 aromatic rings. The van der Waals surface area contributed by atoms with Gasteiger partial charge in [0, 0.05) is 24.2 Å². The first kappa shape index (κ1) is 21.0. The highest BCUT2D eigenvalue weighted by molar-refractivity contribution is 6.02. The zero-order valence-corrected chi connectivity index (χ0v) is 16.3. The molecule has 0 spiro atoms. The highest BCUT2D eigenvalue weighted by Crippen LogP contribution is 2.46. The summed E-state index contributed by atoms with van der Waals surface area (Å²) in [6.45, 7) is 8.17. The van der Waals surface area contributed by atoms with Crippen LogP contribution in [0.15, 0.2) is 24.4 Å². The fourth-order valence-corrected chi connectivity index (χ4v) is 3.56. The Morgan fingerprint density at radius 1 is 1.15 bits per heavy atom. The van der Waals surface area contributed by atoms with Crippen LogP contribution in [0, 0.1) is 11.8 Å². The van der Waals surface area contributed by atoms with E-state index in [0.29, 0.717) is 5.69 Å². The van der Waals surface area contributed by atoms with E-state index in [1.54, 1.807) is 45.9 Å². The number of rotatable bonds is 5. The third kappa shape index (κ3) is 4.71. The molecule has 1 aliphatic carbocycles. The second kappa shape index (κ2) is 8.17. The molecule has 1 heterocycles. The number of hydrogen-bond donors (Lipinski definition) is 1. The lowest BCUT2D eigenvalue weighted by Crippen LogP contribution is -2.55. The molecule has 7 nitrogen and oxygen atoms in total. The molecule has 1 saturated carbocycles. The number of aromatic nitrogens is 1. The molecule has 148 valence electrons. The predicted molar refractivity (Wildman–Crippen MR) is 96.7 cm³/mol. The van der Waals surface area contributed by atoms with Crippen LogP contribution in [-0.4, -0.2) is 45.6 Å².